The Morgan fingerprint density at radius 3 is 2.24 bits per heavy atom. The quantitative estimate of drug-likeness (QED) is 0.396. The molecule has 1 amide bonds. The van der Waals surface area contributed by atoms with E-state index in [0.717, 1.165) is 29.2 Å². The van der Waals surface area contributed by atoms with Gasteiger partial charge in [0.2, 0.25) is 0 Å². The van der Waals surface area contributed by atoms with E-state index in [1.165, 1.54) is 42.1 Å². The highest BCUT2D eigenvalue weighted by Crippen LogP contribution is 2.60. The van der Waals surface area contributed by atoms with Crippen LogP contribution in [0.25, 0.3) is 0 Å². The Morgan fingerprint density at radius 2 is 1.68 bits per heavy atom. The zero-order valence-electron chi connectivity index (χ0n) is 14.7. The first-order chi connectivity index (χ1) is 12.0. The lowest BCUT2D eigenvalue weighted by Crippen LogP contribution is -2.49. The summed E-state index contributed by atoms with van der Waals surface area (Å²) in [4.78, 5) is 12.1. The topological polar surface area (TPSA) is 53.5 Å². The van der Waals surface area contributed by atoms with Crippen molar-refractivity contribution < 1.29 is 4.79 Å². The molecule has 0 aliphatic heterocycles. The van der Waals surface area contributed by atoms with Crippen molar-refractivity contribution in [2.75, 3.05) is 11.9 Å². The molecule has 5 heteroatoms. The van der Waals surface area contributed by atoms with Gasteiger partial charge in [-0.3, -0.25) is 4.79 Å². The molecule has 4 nitrogen and oxygen atoms in total. The Bertz CT molecular complexity index is 647. The summed E-state index contributed by atoms with van der Waals surface area (Å²) in [5.41, 5.74) is 5.15. The van der Waals surface area contributed by atoms with E-state index < -0.39 is 0 Å². The van der Waals surface area contributed by atoms with Crippen molar-refractivity contribution in [3.05, 3.63) is 27.8 Å². The third kappa shape index (κ3) is 3.71. The van der Waals surface area contributed by atoms with Crippen molar-refractivity contribution in [1.29, 1.82) is 0 Å². The summed E-state index contributed by atoms with van der Waals surface area (Å²) in [5.74, 6) is 2.61. The molecule has 5 rings (SSSR count). The summed E-state index contributed by atoms with van der Waals surface area (Å²) in [7, 11) is 0. The monoisotopic (exact) mass is 451 g/mol. The van der Waals surface area contributed by atoms with Crippen molar-refractivity contribution in [3.63, 3.8) is 0 Å². The molecule has 0 unspecified atom stereocenters. The standard InChI is InChI=1S/C20H26IN3O/c1-13(20-9-14-6-15(10-20)8-16(7-14)11-20)23-24-19(25)12-22-18-4-2-17(21)3-5-18/h2-5,14-16,22H,6-12H2,1H3,(H,24,25)/b23-13-. The first kappa shape index (κ1) is 17.3. The minimum atomic E-state index is -0.0809. The van der Waals surface area contributed by atoms with Crippen LogP contribution in [0.1, 0.15) is 45.4 Å². The fraction of sp³-hybridized carbons (Fsp3) is 0.600. The van der Waals surface area contributed by atoms with Crippen LogP contribution in [0.15, 0.2) is 29.4 Å². The van der Waals surface area contributed by atoms with Crippen molar-refractivity contribution in [3.8, 4) is 0 Å². The zero-order valence-corrected chi connectivity index (χ0v) is 16.9. The molecule has 1 aromatic carbocycles. The van der Waals surface area contributed by atoms with E-state index in [-0.39, 0.29) is 17.9 Å². The molecule has 4 aliphatic carbocycles. The van der Waals surface area contributed by atoms with Gasteiger partial charge in [0.05, 0.1) is 6.54 Å². The fourth-order valence-corrected chi connectivity index (χ4v) is 5.97. The number of benzene rings is 1. The first-order valence-electron chi connectivity index (χ1n) is 9.35. The molecule has 0 atom stereocenters. The van der Waals surface area contributed by atoms with Gasteiger partial charge in [0.25, 0.3) is 5.91 Å². The maximum absolute atomic E-state index is 12.1. The van der Waals surface area contributed by atoms with Gasteiger partial charge >= 0.3 is 0 Å². The second-order valence-electron chi connectivity index (χ2n) is 8.29. The van der Waals surface area contributed by atoms with Crippen LogP contribution in [0.4, 0.5) is 5.69 Å². The van der Waals surface area contributed by atoms with Crippen LogP contribution in [0.2, 0.25) is 0 Å². The first-order valence-corrected chi connectivity index (χ1v) is 10.4. The highest BCUT2D eigenvalue weighted by molar-refractivity contribution is 14.1. The summed E-state index contributed by atoms with van der Waals surface area (Å²) in [6.07, 6.45) is 8.14. The van der Waals surface area contributed by atoms with E-state index in [0.29, 0.717) is 0 Å². The molecule has 0 heterocycles. The number of anilines is 1. The number of amides is 1. The molecular weight excluding hydrogens is 425 g/mol. The van der Waals surface area contributed by atoms with Crippen LogP contribution in [-0.4, -0.2) is 18.2 Å². The van der Waals surface area contributed by atoms with Crippen LogP contribution >= 0.6 is 22.6 Å². The highest BCUT2D eigenvalue weighted by atomic mass is 127. The molecular formula is C20H26IN3O. The largest absolute Gasteiger partial charge is 0.376 e. The second kappa shape index (κ2) is 6.89. The Kier molecular flexibility index (Phi) is 4.77. The lowest BCUT2D eigenvalue weighted by molar-refractivity contribution is -0.119. The van der Waals surface area contributed by atoms with Crippen molar-refractivity contribution in [2.24, 2.45) is 28.3 Å². The number of hydrazone groups is 1. The molecule has 134 valence electrons. The molecule has 0 saturated heterocycles. The third-order valence-electron chi connectivity index (χ3n) is 6.45. The average molecular weight is 451 g/mol. The maximum atomic E-state index is 12.1. The predicted octanol–water partition coefficient (Wildman–Crippen LogP) is 4.41. The molecule has 25 heavy (non-hydrogen) atoms. The number of carbonyl (C=O) groups is 1. The van der Waals surface area contributed by atoms with Gasteiger partial charge in [-0.15, -0.1) is 0 Å². The van der Waals surface area contributed by atoms with Gasteiger partial charge in [0.15, 0.2) is 0 Å². The molecule has 4 fully saturated rings. The normalized spacial score (nSPS) is 33.4. The molecule has 4 saturated carbocycles. The summed E-state index contributed by atoms with van der Waals surface area (Å²) in [6.45, 7) is 2.37. The smallest absolute Gasteiger partial charge is 0.259 e. The number of hydrogen-bond donors (Lipinski definition) is 2. The Balaban J connectivity index is 1.33. The van der Waals surface area contributed by atoms with Gasteiger partial charge in [-0.25, -0.2) is 5.43 Å². The van der Waals surface area contributed by atoms with E-state index in [9.17, 15) is 4.79 Å². The highest BCUT2D eigenvalue weighted by Gasteiger charge is 2.52. The Morgan fingerprint density at radius 1 is 1.12 bits per heavy atom. The third-order valence-corrected chi connectivity index (χ3v) is 7.17. The second-order valence-corrected chi connectivity index (χ2v) is 9.54. The number of nitrogens with zero attached hydrogens (tertiary/aromatic N) is 1. The van der Waals surface area contributed by atoms with Gasteiger partial charge in [-0.05, 0) is 110 Å². The van der Waals surface area contributed by atoms with Crippen LogP contribution in [0.3, 0.4) is 0 Å². The fourth-order valence-electron chi connectivity index (χ4n) is 5.61. The van der Waals surface area contributed by atoms with Gasteiger partial charge in [0.1, 0.15) is 0 Å². The van der Waals surface area contributed by atoms with E-state index in [4.69, 9.17) is 0 Å². The summed E-state index contributed by atoms with van der Waals surface area (Å²) < 4.78 is 1.18. The molecule has 1 aromatic rings. The van der Waals surface area contributed by atoms with Crippen LogP contribution < -0.4 is 10.7 Å². The number of halogens is 1. The Labute approximate surface area is 163 Å². The van der Waals surface area contributed by atoms with Crippen LogP contribution in [0, 0.1) is 26.7 Å². The zero-order chi connectivity index (χ0) is 17.4. The van der Waals surface area contributed by atoms with Gasteiger partial charge < -0.3 is 5.32 Å². The van der Waals surface area contributed by atoms with Crippen molar-refractivity contribution in [1.82, 2.24) is 5.43 Å². The van der Waals surface area contributed by atoms with Crippen molar-refractivity contribution >= 4 is 39.9 Å². The number of rotatable bonds is 5. The molecule has 4 bridgehead atoms. The molecule has 0 radical (unpaired) electrons. The van der Waals surface area contributed by atoms with Gasteiger partial charge in [-0.2, -0.15) is 5.10 Å². The van der Waals surface area contributed by atoms with Crippen LogP contribution in [0.5, 0.6) is 0 Å². The number of carbonyl (C=O) groups excluding carboxylic acids is 1. The minimum absolute atomic E-state index is 0.0809. The van der Waals surface area contributed by atoms with E-state index in [1.54, 1.807) is 0 Å². The van der Waals surface area contributed by atoms with Gasteiger partial charge in [0, 0.05) is 20.4 Å². The van der Waals surface area contributed by atoms with E-state index in [2.05, 4.69) is 45.4 Å². The summed E-state index contributed by atoms with van der Waals surface area (Å²) >= 11 is 2.27. The number of nitrogens with one attached hydrogen (secondary N) is 2. The lowest BCUT2D eigenvalue weighted by atomic mass is 9.48. The summed E-state index contributed by atoms with van der Waals surface area (Å²) in [6, 6.07) is 8.02. The van der Waals surface area contributed by atoms with E-state index in [1.807, 2.05) is 24.3 Å². The Hall–Kier alpha value is -1.11. The summed E-state index contributed by atoms with van der Waals surface area (Å²) in [5, 5.41) is 7.66. The van der Waals surface area contributed by atoms with Crippen LogP contribution in [-0.2, 0) is 4.79 Å². The predicted molar refractivity (Wildman–Crippen MR) is 110 cm³/mol. The molecule has 0 aromatic heterocycles. The minimum Gasteiger partial charge on any atom is -0.376 e. The van der Waals surface area contributed by atoms with Gasteiger partial charge in [-0.1, -0.05) is 0 Å². The van der Waals surface area contributed by atoms with Crippen molar-refractivity contribution in [2.45, 2.75) is 45.4 Å². The molecule has 2 N–H and O–H groups in total. The maximum Gasteiger partial charge on any atom is 0.259 e. The number of hydrogen-bond acceptors (Lipinski definition) is 3. The molecule has 4 aliphatic rings. The molecule has 0 spiro atoms. The lowest BCUT2D eigenvalue weighted by Gasteiger charge is -2.56. The SMILES string of the molecule is C/C(=N/NC(=O)CNc1ccc(I)cc1)C12CC3CC(CC(C3)C1)C2. The van der Waals surface area contributed by atoms with E-state index >= 15 is 0 Å². The average Bonchev–Trinajstić information content (AvgIpc) is 2.58.